The lowest BCUT2D eigenvalue weighted by atomic mass is 10.1. The normalized spacial score (nSPS) is 10.8. The number of rotatable bonds is 2. The second kappa shape index (κ2) is 3.62. The van der Waals surface area contributed by atoms with Crippen LogP contribution >= 0.6 is 15.9 Å². The smallest absolute Gasteiger partial charge is 0.307 e. The Morgan fingerprint density at radius 2 is 2.33 bits per heavy atom. The summed E-state index contributed by atoms with van der Waals surface area (Å²) >= 11 is 3.21. The molecule has 0 aliphatic heterocycles. The van der Waals surface area contributed by atoms with Crippen molar-refractivity contribution in [2.75, 3.05) is 0 Å². The van der Waals surface area contributed by atoms with Gasteiger partial charge in [0.15, 0.2) is 0 Å². The molecule has 15 heavy (non-hydrogen) atoms. The maximum Gasteiger partial charge on any atom is 0.307 e. The summed E-state index contributed by atoms with van der Waals surface area (Å²) < 4.78 is 13.3. The highest BCUT2D eigenvalue weighted by Gasteiger charge is 2.11. The van der Waals surface area contributed by atoms with Crippen LogP contribution in [0, 0.1) is 6.08 Å². The van der Waals surface area contributed by atoms with Crippen LogP contribution in [0.3, 0.4) is 0 Å². The third-order valence-corrected chi connectivity index (χ3v) is 2.87. The molecule has 0 aliphatic carbocycles. The number of nitrogens with one attached hydrogen (secondary N) is 1. The number of imidazole rings is 1. The Labute approximate surface area is 92.3 Å². The quantitative estimate of drug-likeness (QED) is 0.880. The molecule has 2 N–H and O–H groups in total. The molecular formula is C9H6BrFN2O2. The molecule has 1 aromatic heterocycles. The van der Waals surface area contributed by atoms with Crippen molar-refractivity contribution < 1.29 is 14.3 Å². The number of halogens is 2. The molecule has 0 unspecified atom stereocenters. The van der Waals surface area contributed by atoms with Gasteiger partial charge in [0, 0.05) is 4.47 Å². The summed E-state index contributed by atoms with van der Waals surface area (Å²) in [6.45, 7) is 0. The van der Waals surface area contributed by atoms with Crippen molar-refractivity contribution in [1.82, 2.24) is 9.97 Å². The first-order valence-electron chi connectivity index (χ1n) is 4.12. The van der Waals surface area contributed by atoms with E-state index in [2.05, 4.69) is 25.9 Å². The number of aromatic amines is 1. The molecule has 0 fully saturated rings. The van der Waals surface area contributed by atoms with Gasteiger partial charge in [0.2, 0.25) is 0 Å². The van der Waals surface area contributed by atoms with Crippen LogP contribution in [0.25, 0.3) is 11.0 Å². The lowest BCUT2D eigenvalue weighted by molar-refractivity contribution is -0.136. The number of aliphatic carboxylic acids is 1. The SMILES string of the molecule is O=C(O)Cc1ccc2[nH]c(F)nc2c1Br. The van der Waals surface area contributed by atoms with Crippen molar-refractivity contribution in [2.24, 2.45) is 0 Å². The van der Waals surface area contributed by atoms with Crippen LogP contribution in [-0.2, 0) is 11.2 Å². The molecule has 0 radical (unpaired) electrons. The fraction of sp³-hybridized carbons (Fsp3) is 0.111. The molecule has 2 aromatic rings. The molecule has 0 saturated carbocycles. The van der Waals surface area contributed by atoms with Gasteiger partial charge in [-0.05, 0) is 27.6 Å². The van der Waals surface area contributed by atoms with Crippen molar-refractivity contribution in [3.63, 3.8) is 0 Å². The summed E-state index contributed by atoms with van der Waals surface area (Å²) in [5, 5.41) is 8.65. The van der Waals surface area contributed by atoms with E-state index in [1.54, 1.807) is 12.1 Å². The van der Waals surface area contributed by atoms with E-state index in [0.29, 0.717) is 21.1 Å². The first-order chi connectivity index (χ1) is 7.08. The molecule has 0 amide bonds. The van der Waals surface area contributed by atoms with Crippen molar-refractivity contribution in [1.29, 1.82) is 0 Å². The van der Waals surface area contributed by atoms with Gasteiger partial charge < -0.3 is 10.1 Å². The van der Waals surface area contributed by atoms with Crippen molar-refractivity contribution in [2.45, 2.75) is 6.42 Å². The number of nitrogens with zero attached hydrogens (tertiary/aromatic N) is 1. The Hall–Kier alpha value is -1.43. The van der Waals surface area contributed by atoms with Gasteiger partial charge in [-0.25, -0.2) is 4.98 Å². The van der Waals surface area contributed by atoms with E-state index in [4.69, 9.17) is 5.11 Å². The zero-order valence-electron chi connectivity index (χ0n) is 7.42. The number of hydrogen-bond acceptors (Lipinski definition) is 2. The first kappa shape index (κ1) is 10.1. The minimum Gasteiger partial charge on any atom is -0.481 e. The molecule has 2 rings (SSSR count). The number of fused-ring (bicyclic) bond motifs is 1. The van der Waals surface area contributed by atoms with Gasteiger partial charge in [-0.3, -0.25) is 4.79 Å². The van der Waals surface area contributed by atoms with Gasteiger partial charge in [0.25, 0.3) is 6.08 Å². The number of carboxylic acids is 1. The standard InChI is InChI=1S/C9H6BrFN2O2/c10-7-4(3-6(14)15)1-2-5-8(7)13-9(11)12-5/h1-2H,3H2,(H,12,13)(H,14,15). The molecule has 1 aromatic carbocycles. The predicted octanol–water partition coefficient (Wildman–Crippen LogP) is 2.09. The average molecular weight is 273 g/mol. The number of hydrogen-bond donors (Lipinski definition) is 2. The highest BCUT2D eigenvalue weighted by Crippen LogP contribution is 2.26. The topological polar surface area (TPSA) is 66.0 Å². The predicted molar refractivity (Wildman–Crippen MR) is 55.1 cm³/mol. The Morgan fingerprint density at radius 3 is 3.00 bits per heavy atom. The van der Waals surface area contributed by atoms with Crippen LogP contribution in [0.1, 0.15) is 5.56 Å². The lowest BCUT2D eigenvalue weighted by Gasteiger charge is -2.00. The molecule has 78 valence electrons. The minimum atomic E-state index is -0.939. The molecule has 0 saturated heterocycles. The number of carboxylic acid groups (broad SMARTS) is 1. The molecule has 6 heteroatoms. The van der Waals surface area contributed by atoms with Crippen LogP contribution in [0.15, 0.2) is 16.6 Å². The molecule has 4 nitrogen and oxygen atoms in total. The van der Waals surface area contributed by atoms with Gasteiger partial charge >= 0.3 is 5.97 Å². The Bertz CT molecular complexity index is 538. The lowest BCUT2D eigenvalue weighted by Crippen LogP contribution is -2.00. The van der Waals surface area contributed by atoms with Crippen molar-refractivity contribution in [3.05, 3.63) is 28.2 Å². The third-order valence-electron chi connectivity index (χ3n) is 1.99. The van der Waals surface area contributed by atoms with Gasteiger partial charge in [-0.15, -0.1) is 0 Å². The van der Waals surface area contributed by atoms with Crippen molar-refractivity contribution >= 4 is 32.9 Å². The van der Waals surface area contributed by atoms with E-state index < -0.39 is 12.0 Å². The summed E-state index contributed by atoms with van der Waals surface area (Å²) in [6, 6.07) is 3.23. The van der Waals surface area contributed by atoms with Gasteiger partial charge in [0.1, 0.15) is 5.52 Å². The Morgan fingerprint density at radius 1 is 1.60 bits per heavy atom. The summed E-state index contributed by atoms with van der Waals surface area (Å²) in [5.74, 6) is -0.939. The largest absolute Gasteiger partial charge is 0.481 e. The fourth-order valence-electron chi connectivity index (χ4n) is 1.35. The number of carbonyl (C=O) groups is 1. The van der Waals surface area contributed by atoms with E-state index in [-0.39, 0.29) is 6.42 Å². The van der Waals surface area contributed by atoms with Crippen LogP contribution in [-0.4, -0.2) is 21.0 Å². The molecule has 0 aliphatic rings. The number of H-pyrrole nitrogens is 1. The fourth-order valence-corrected chi connectivity index (χ4v) is 1.93. The monoisotopic (exact) mass is 272 g/mol. The maximum absolute atomic E-state index is 12.8. The Balaban J connectivity index is 2.58. The van der Waals surface area contributed by atoms with Gasteiger partial charge in [-0.1, -0.05) is 6.07 Å². The van der Waals surface area contributed by atoms with Crippen LogP contribution < -0.4 is 0 Å². The molecule has 0 spiro atoms. The first-order valence-corrected chi connectivity index (χ1v) is 4.91. The van der Waals surface area contributed by atoms with Gasteiger partial charge in [-0.2, -0.15) is 4.39 Å². The maximum atomic E-state index is 12.8. The third kappa shape index (κ3) is 1.85. The average Bonchev–Trinajstić information content (AvgIpc) is 2.51. The van der Waals surface area contributed by atoms with E-state index in [1.807, 2.05) is 0 Å². The molecular weight excluding hydrogens is 267 g/mol. The minimum absolute atomic E-state index is 0.120. The number of benzene rings is 1. The van der Waals surface area contributed by atoms with E-state index in [0.717, 1.165) is 0 Å². The zero-order chi connectivity index (χ0) is 11.0. The molecule has 1 heterocycles. The summed E-state index contributed by atoms with van der Waals surface area (Å²) in [7, 11) is 0. The zero-order valence-corrected chi connectivity index (χ0v) is 9.01. The summed E-state index contributed by atoms with van der Waals surface area (Å²) in [5.41, 5.74) is 1.52. The van der Waals surface area contributed by atoms with Crippen LogP contribution in [0.5, 0.6) is 0 Å². The molecule has 0 bridgehead atoms. The highest BCUT2D eigenvalue weighted by atomic mass is 79.9. The van der Waals surface area contributed by atoms with Crippen molar-refractivity contribution in [3.8, 4) is 0 Å². The highest BCUT2D eigenvalue weighted by molar-refractivity contribution is 9.10. The van der Waals surface area contributed by atoms with E-state index in [1.165, 1.54) is 0 Å². The summed E-state index contributed by atoms with van der Waals surface area (Å²) in [4.78, 5) is 16.6. The summed E-state index contributed by atoms with van der Waals surface area (Å²) in [6.07, 6.45) is -0.802. The Kier molecular flexibility index (Phi) is 2.44. The van der Waals surface area contributed by atoms with Gasteiger partial charge in [0.05, 0.1) is 11.9 Å². The van der Waals surface area contributed by atoms with E-state index in [9.17, 15) is 9.18 Å². The second-order valence-electron chi connectivity index (χ2n) is 3.03. The van der Waals surface area contributed by atoms with Crippen LogP contribution in [0.2, 0.25) is 0 Å². The number of aromatic nitrogens is 2. The molecule has 0 atom stereocenters. The van der Waals surface area contributed by atoms with E-state index >= 15 is 0 Å². The second-order valence-corrected chi connectivity index (χ2v) is 3.83. The van der Waals surface area contributed by atoms with Crippen LogP contribution in [0.4, 0.5) is 4.39 Å².